The molecule has 0 fully saturated rings. The van der Waals surface area contributed by atoms with Crippen LogP contribution in [-0.4, -0.2) is 30.6 Å². The summed E-state index contributed by atoms with van der Waals surface area (Å²) in [6.07, 6.45) is 0.796. The van der Waals surface area contributed by atoms with Crippen molar-refractivity contribution in [2.45, 2.75) is 13.3 Å². The van der Waals surface area contributed by atoms with Gasteiger partial charge in [-0.2, -0.15) is 0 Å². The zero-order valence-electron chi connectivity index (χ0n) is 14.1. The molecule has 2 N–H and O–H groups in total. The molecule has 0 atom stereocenters. The quantitative estimate of drug-likeness (QED) is 0.595. The van der Waals surface area contributed by atoms with E-state index in [-0.39, 0.29) is 5.91 Å². The largest absolute Gasteiger partial charge is 0.382 e. The smallest absolute Gasteiger partial charge is 0.270 e. The zero-order valence-corrected chi connectivity index (χ0v) is 14.9. The van der Waals surface area contributed by atoms with Crippen molar-refractivity contribution in [3.05, 3.63) is 53.5 Å². The minimum atomic E-state index is -0.154. The molecule has 0 bridgehead atoms. The predicted octanol–water partition coefficient (Wildman–Crippen LogP) is 4.20. The number of nitrogens with zero attached hydrogens (tertiary/aromatic N) is 1. The van der Waals surface area contributed by atoms with Crippen molar-refractivity contribution in [3.8, 4) is 0 Å². The molecule has 5 nitrogen and oxygen atoms in total. The Morgan fingerprint density at radius 2 is 2.04 bits per heavy atom. The molecule has 1 heterocycles. The Morgan fingerprint density at radius 1 is 1.20 bits per heavy atom. The monoisotopic (exact) mass is 355 g/mol. The van der Waals surface area contributed by atoms with Crippen LogP contribution in [0.2, 0.25) is 0 Å². The molecule has 3 aromatic rings. The number of rotatable bonds is 8. The molecule has 1 amide bonds. The van der Waals surface area contributed by atoms with Crippen LogP contribution in [0.15, 0.2) is 47.8 Å². The van der Waals surface area contributed by atoms with Crippen LogP contribution in [0, 0.1) is 0 Å². The Labute approximate surface area is 151 Å². The number of anilines is 2. The molecule has 0 unspecified atom stereocenters. The van der Waals surface area contributed by atoms with E-state index in [9.17, 15) is 4.79 Å². The van der Waals surface area contributed by atoms with Crippen molar-refractivity contribution < 1.29 is 9.53 Å². The molecular weight excluding hydrogens is 334 g/mol. The van der Waals surface area contributed by atoms with Crippen LogP contribution in [0.3, 0.4) is 0 Å². The van der Waals surface area contributed by atoms with Crippen LogP contribution in [0.4, 0.5) is 10.8 Å². The number of carbonyl (C=O) groups excluding carboxylic acids is 1. The average Bonchev–Trinajstić information content (AvgIpc) is 3.10. The van der Waals surface area contributed by atoms with Gasteiger partial charge >= 0.3 is 0 Å². The van der Waals surface area contributed by atoms with E-state index in [1.807, 2.05) is 31.2 Å². The molecule has 0 aliphatic heterocycles. The fourth-order valence-corrected chi connectivity index (χ4v) is 3.20. The molecule has 0 aliphatic rings. The van der Waals surface area contributed by atoms with Gasteiger partial charge in [-0.3, -0.25) is 4.79 Å². The summed E-state index contributed by atoms with van der Waals surface area (Å²) in [6, 6.07) is 14.3. The van der Waals surface area contributed by atoms with E-state index in [2.05, 4.69) is 33.8 Å². The number of carbonyl (C=O) groups is 1. The molecule has 2 aromatic carbocycles. The molecule has 130 valence electrons. The molecule has 1 aromatic heterocycles. The van der Waals surface area contributed by atoms with Gasteiger partial charge in [-0.1, -0.05) is 36.4 Å². The molecule has 6 heteroatoms. The highest BCUT2D eigenvalue weighted by Gasteiger charge is 2.11. The van der Waals surface area contributed by atoms with E-state index in [0.29, 0.717) is 30.6 Å². The zero-order chi connectivity index (χ0) is 17.5. The molecule has 0 saturated heterocycles. The molecule has 0 saturated carbocycles. The molecule has 0 radical (unpaired) electrons. The highest BCUT2D eigenvalue weighted by Crippen LogP contribution is 2.27. The van der Waals surface area contributed by atoms with Crippen LogP contribution < -0.4 is 10.6 Å². The van der Waals surface area contributed by atoms with E-state index in [1.165, 1.54) is 11.3 Å². The number of thiazole rings is 1. The summed E-state index contributed by atoms with van der Waals surface area (Å²) < 4.78 is 5.25. The summed E-state index contributed by atoms with van der Waals surface area (Å²) in [6.45, 7) is 3.89. The van der Waals surface area contributed by atoms with E-state index >= 15 is 0 Å². The van der Waals surface area contributed by atoms with Crippen LogP contribution in [0.25, 0.3) is 10.8 Å². The summed E-state index contributed by atoms with van der Waals surface area (Å²) in [5.41, 5.74) is 1.42. The second kappa shape index (κ2) is 8.60. The van der Waals surface area contributed by atoms with E-state index < -0.39 is 0 Å². The van der Waals surface area contributed by atoms with E-state index in [4.69, 9.17) is 4.74 Å². The predicted molar refractivity (Wildman–Crippen MR) is 103 cm³/mol. The number of nitrogens with one attached hydrogen (secondary N) is 2. The lowest BCUT2D eigenvalue weighted by Gasteiger charge is -2.07. The number of aromatic nitrogens is 1. The van der Waals surface area contributed by atoms with Gasteiger partial charge in [-0.25, -0.2) is 4.98 Å². The third-order valence-electron chi connectivity index (χ3n) is 3.72. The maximum atomic E-state index is 12.1. The topological polar surface area (TPSA) is 63.2 Å². The van der Waals surface area contributed by atoms with Gasteiger partial charge in [0.05, 0.1) is 0 Å². The number of fused-ring (bicyclic) bond motifs is 1. The van der Waals surface area contributed by atoms with Crippen molar-refractivity contribution in [1.29, 1.82) is 0 Å². The molecule has 0 spiro atoms. The summed E-state index contributed by atoms with van der Waals surface area (Å²) >= 11 is 1.42. The Kier molecular flexibility index (Phi) is 5.98. The lowest BCUT2D eigenvalue weighted by Crippen LogP contribution is -2.25. The Bertz CT molecular complexity index is 842. The first-order valence-corrected chi connectivity index (χ1v) is 9.22. The first-order valence-electron chi connectivity index (χ1n) is 8.34. The number of hydrogen-bond donors (Lipinski definition) is 2. The Hall–Kier alpha value is -2.44. The second-order valence-electron chi connectivity index (χ2n) is 5.50. The fraction of sp³-hybridized carbons (Fsp3) is 0.263. The second-order valence-corrected chi connectivity index (χ2v) is 6.35. The summed E-state index contributed by atoms with van der Waals surface area (Å²) in [7, 11) is 0. The van der Waals surface area contributed by atoms with Gasteiger partial charge in [0, 0.05) is 36.2 Å². The summed E-state index contributed by atoms with van der Waals surface area (Å²) in [5.74, 6) is -0.154. The molecule has 0 aliphatic carbocycles. The number of ether oxygens (including phenoxy) is 1. The number of hydrogen-bond acceptors (Lipinski definition) is 5. The van der Waals surface area contributed by atoms with Crippen LogP contribution in [-0.2, 0) is 4.74 Å². The Balaban J connectivity index is 1.62. The van der Waals surface area contributed by atoms with Crippen molar-refractivity contribution >= 4 is 38.8 Å². The highest BCUT2D eigenvalue weighted by molar-refractivity contribution is 7.14. The van der Waals surface area contributed by atoms with Crippen molar-refractivity contribution in [1.82, 2.24) is 10.3 Å². The fourth-order valence-electron chi connectivity index (χ4n) is 2.50. The van der Waals surface area contributed by atoms with Crippen LogP contribution >= 0.6 is 11.3 Å². The summed E-state index contributed by atoms with van der Waals surface area (Å²) in [4.78, 5) is 16.5. The van der Waals surface area contributed by atoms with Crippen molar-refractivity contribution in [2.75, 3.05) is 25.1 Å². The first kappa shape index (κ1) is 17.4. The maximum Gasteiger partial charge on any atom is 0.270 e. The van der Waals surface area contributed by atoms with Crippen molar-refractivity contribution in [3.63, 3.8) is 0 Å². The van der Waals surface area contributed by atoms with Gasteiger partial charge in [-0.15, -0.1) is 11.3 Å². The highest BCUT2D eigenvalue weighted by atomic mass is 32.1. The first-order chi connectivity index (χ1) is 12.3. The van der Waals surface area contributed by atoms with Gasteiger partial charge < -0.3 is 15.4 Å². The van der Waals surface area contributed by atoms with Crippen LogP contribution in [0.1, 0.15) is 23.8 Å². The number of amides is 1. The van der Waals surface area contributed by atoms with Gasteiger partial charge in [0.25, 0.3) is 5.91 Å². The van der Waals surface area contributed by atoms with Gasteiger partial charge in [0.15, 0.2) is 5.13 Å². The minimum Gasteiger partial charge on any atom is -0.382 e. The van der Waals surface area contributed by atoms with Gasteiger partial charge in [0.1, 0.15) is 5.69 Å². The number of benzene rings is 2. The Morgan fingerprint density at radius 3 is 2.92 bits per heavy atom. The van der Waals surface area contributed by atoms with Crippen molar-refractivity contribution in [2.24, 2.45) is 0 Å². The SMILES string of the molecule is CCOCCCNC(=O)c1csc(Nc2cccc3ccccc23)n1. The summed E-state index contributed by atoms with van der Waals surface area (Å²) in [5, 5.41) is 10.9. The third kappa shape index (κ3) is 4.55. The molecule has 3 rings (SSSR count). The van der Waals surface area contributed by atoms with E-state index in [1.54, 1.807) is 5.38 Å². The third-order valence-corrected chi connectivity index (χ3v) is 4.48. The van der Waals surface area contributed by atoms with E-state index in [0.717, 1.165) is 22.9 Å². The minimum absolute atomic E-state index is 0.154. The normalized spacial score (nSPS) is 10.8. The van der Waals surface area contributed by atoms with Gasteiger partial charge in [-0.05, 0) is 24.8 Å². The molecular formula is C19H21N3O2S. The maximum absolute atomic E-state index is 12.1. The molecule has 25 heavy (non-hydrogen) atoms. The standard InChI is InChI=1S/C19H21N3O2S/c1-2-24-12-6-11-20-18(23)17-13-25-19(22-17)21-16-10-5-8-14-7-3-4-9-15(14)16/h3-5,7-10,13H,2,6,11-12H2,1H3,(H,20,23)(H,21,22). The van der Waals surface area contributed by atoms with Gasteiger partial charge in [0.2, 0.25) is 0 Å². The average molecular weight is 355 g/mol. The lowest BCUT2D eigenvalue weighted by molar-refractivity contribution is 0.0940. The van der Waals surface area contributed by atoms with Crippen LogP contribution in [0.5, 0.6) is 0 Å². The lowest BCUT2D eigenvalue weighted by atomic mass is 10.1.